The first-order valence-corrected chi connectivity index (χ1v) is 8.88. The van der Waals surface area contributed by atoms with Crippen LogP contribution in [0.5, 0.6) is 5.75 Å². The van der Waals surface area contributed by atoms with Crippen LogP contribution in [0.2, 0.25) is 0 Å². The molecular formula is C21H14N2OS. The topological polar surface area (TPSA) is 38.1 Å². The van der Waals surface area contributed by atoms with E-state index in [4.69, 9.17) is 4.98 Å². The first-order chi connectivity index (χ1) is 12.3. The number of benzene rings is 3. The Balaban J connectivity index is 1.88. The maximum absolute atomic E-state index is 10.8. The van der Waals surface area contributed by atoms with Gasteiger partial charge in [-0.25, -0.2) is 4.98 Å². The lowest BCUT2D eigenvalue weighted by Crippen LogP contribution is -1.96. The second-order valence-electron chi connectivity index (χ2n) is 5.87. The van der Waals surface area contributed by atoms with E-state index in [0.29, 0.717) is 5.75 Å². The first kappa shape index (κ1) is 14.3. The van der Waals surface area contributed by atoms with Crippen molar-refractivity contribution in [1.82, 2.24) is 9.55 Å². The molecule has 0 radical (unpaired) electrons. The third-order valence-corrected chi connectivity index (χ3v) is 5.50. The van der Waals surface area contributed by atoms with Crippen molar-refractivity contribution in [3.63, 3.8) is 0 Å². The number of fused-ring (bicyclic) bond motifs is 2. The van der Waals surface area contributed by atoms with Crippen LogP contribution in [0.15, 0.2) is 78.9 Å². The van der Waals surface area contributed by atoms with Crippen LogP contribution in [0.3, 0.4) is 0 Å². The average molecular weight is 342 g/mol. The SMILES string of the molecule is Oc1c(-c2nc3ccccc3n2-c2ccccc2)sc2ccccc12. The van der Waals surface area contributed by atoms with E-state index >= 15 is 0 Å². The summed E-state index contributed by atoms with van der Waals surface area (Å²) in [6.07, 6.45) is 0. The molecule has 0 aliphatic heterocycles. The fourth-order valence-corrected chi connectivity index (χ4v) is 4.28. The molecule has 2 aromatic heterocycles. The van der Waals surface area contributed by atoms with Crippen LogP contribution >= 0.6 is 11.3 Å². The molecule has 0 unspecified atom stereocenters. The highest BCUT2D eigenvalue weighted by Gasteiger charge is 2.20. The van der Waals surface area contributed by atoms with Crippen molar-refractivity contribution in [3.8, 4) is 22.1 Å². The number of hydrogen-bond acceptors (Lipinski definition) is 3. The third kappa shape index (κ3) is 2.15. The molecule has 0 amide bonds. The molecule has 3 aromatic carbocycles. The van der Waals surface area contributed by atoms with Gasteiger partial charge in [-0.15, -0.1) is 11.3 Å². The Morgan fingerprint density at radius 1 is 0.800 bits per heavy atom. The Kier molecular flexibility index (Phi) is 3.11. The summed E-state index contributed by atoms with van der Waals surface area (Å²) >= 11 is 1.57. The summed E-state index contributed by atoms with van der Waals surface area (Å²) in [6.45, 7) is 0. The van der Waals surface area contributed by atoms with Crippen molar-refractivity contribution in [2.24, 2.45) is 0 Å². The molecule has 0 bridgehead atoms. The molecule has 2 heterocycles. The van der Waals surface area contributed by atoms with E-state index in [9.17, 15) is 5.11 Å². The van der Waals surface area contributed by atoms with Crippen molar-refractivity contribution >= 4 is 32.5 Å². The van der Waals surface area contributed by atoms with Gasteiger partial charge in [0, 0.05) is 15.8 Å². The quantitative estimate of drug-likeness (QED) is 0.452. The predicted octanol–water partition coefficient (Wildman–Crippen LogP) is 5.61. The van der Waals surface area contributed by atoms with Gasteiger partial charge in [-0.2, -0.15) is 0 Å². The van der Waals surface area contributed by atoms with Gasteiger partial charge in [0.15, 0.2) is 5.82 Å². The molecular weight excluding hydrogens is 328 g/mol. The summed E-state index contributed by atoms with van der Waals surface area (Å²) < 4.78 is 3.17. The molecule has 0 atom stereocenters. The lowest BCUT2D eigenvalue weighted by atomic mass is 10.2. The van der Waals surface area contributed by atoms with E-state index in [1.165, 1.54) is 0 Å². The van der Waals surface area contributed by atoms with Gasteiger partial charge in [0.2, 0.25) is 0 Å². The van der Waals surface area contributed by atoms with Gasteiger partial charge in [0.25, 0.3) is 0 Å². The number of nitrogens with zero attached hydrogens (tertiary/aromatic N) is 2. The molecule has 3 nitrogen and oxygen atoms in total. The Hall–Kier alpha value is -3.11. The smallest absolute Gasteiger partial charge is 0.159 e. The molecule has 0 aliphatic carbocycles. The molecule has 25 heavy (non-hydrogen) atoms. The summed E-state index contributed by atoms with van der Waals surface area (Å²) in [5, 5.41) is 11.7. The number of aromatic hydroxyl groups is 1. The minimum Gasteiger partial charge on any atom is -0.506 e. The minimum absolute atomic E-state index is 0.299. The van der Waals surface area contributed by atoms with Gasteiger partial charge in [-0.3, -0.25) is 4.57 Å². The molecule has 1 N–H and O–H groups in total. The average Bonchev–Trinajstić information content (AvgIpc) is 3.21. The van der Waals surface area contributed by atoms with E-state index in [1.807, 2.05) is 60.7 Å². The Bertz CT molecular complexity index is 1200. The monoisotopic (exact) mass is 342 g/mol. The molecule has 0 saturated carbocycles. The van der Waals surface area contributed by atoms with Crippen molar-refractivity contribution in [1.29, 1.82) is 0 Å². The van der Waals surface area contributed by atoms with Crippen molar-refractivity contribution in [2.45, 2.75) is 0 Å². The summed E-state index contributed by atoms with van der Waals surface area (Å²) in [5.41, 5.74) is 2.97. The van der Waals surface area contributed by atoms with Gasteiger partial charge in [-0.05, 0) is 36.4 Å². The fourth-order valence-electron chi connectivity index (χ4n) is 3.20. The molecule has 4 heteroatoms. The fraction of sp³-hybridized carbons (Fsp3) is 0. The highest BCUT2D eigenvalue weighted by Crippen LogP contribution is 2.44. The zero-order valence-corrected chi connectivity index (χ0v) is 14.1. The van der Waals surface area contributed by atoms with E-state index in [1.54, 1.807) is 11.3 Å². The lowest BCUT2D eigenvalue weighted by molar-refractivity contribution is 0.485. The van der Waals surface area contributed by atoms with Crippen LogP contribution in [-0.4, -0.2) is 14.7 Å². The molecule has 5 rings (SSSR count). The zero-order valence-electron chi connectivity index (χ0n) is 13.3. The minimum atomic E-state index is 0.299. The normalized spacial score (nSPS) is 11.4. The summed E-state index contributed by atoms with van der Waals surface area (Å²) in [4.78, 5) is 5.62. The van der Waals surface area contributed by atoms with Crippen LogP contribution < -0.4 is 0 Å². The van der Waals surface area contributed by atoms with Crippen LogP contribution in [0.1, 0.15) is 0 Å². The van der Waals surface area contributed by atoms with Gasteiger partial charge in [-0.1, -0.05) is 42.5 Å². The number of hydrogen-bond donors (Lipinski definition) is 1. The largest absolute Gasteiger partial charge is 0.506 e. The van der Waals surface area contributed by atoms with E-state index in [2.05, 4.69) is 22.8 Å². The van der Waals surface area contributed by atoms with Crippen molar-refractivity contribution in [3.05, 3.63) is 78.9 Å². The molecule has 0 fully saturated rings. The number of aromatic nitrogens is 2. The second-order valence-corrected chi connectivity index (χ2v) is 6.92. The van der Waals surface area contributed by atoms with E-state index < -0.39 is 0 Å². The standard InChI is InChI=1S/C21H14N2OS/c24-19-15-10-4-7-13-18(15)25-20(19)21-22-16-11-5-6-12-17(16)23(21)14-8-2-1-3-9-14/h1-13,24H. The Labute approximate surface area is 148 Å². The van der Waals surface area contributed by atoms with Crippen LogP contribution in [0.25, 0.3) is 37.5 Å². The van der Waals surface area contributed by atoms with Gasteiger partial charge in [0.1, 0.15) is 10.6 Å². The Morgan fingerprint density at radius 2 is 1.52 bits per heavy atom. The predicted molar refractivity (Wildman–Crippen MR) is 104 cm³/mol. The third-order valence-electron chi connectivity index (χ3n) is 4.35. The van der Waals surface area contributed by atoms with Crippen LogP contribution in [0.4, 0.5) is 0 Å². The second kappa shape index (κ2) is 5.46. The number of imidazole rings is 1. The van der Waals surface area contributed by atoms with E-state index in [0.717, 1.165) is 37.5 Å². The summed E-state index contributed by atoms with van der Waals surface area (Å²) in [5.74, 6) is 1.07. The Morgan fingerprint density at radius 3 is 2.36 bits per heavy atom. The maximum atomic E-state index is 10.8. The first-order valence-electron chi connectivity index (χ1n) is 8.07. The summed E-state index contributed by atoms with van der Waals surface area (Å²) in [6, 6.07) is 26.1. The van der Waals surface area contributed by atoms with Gasteiger partial charge < -0.3 is 5.11 Å². The number of thiophene rings is 1. The molecule has 0 spiro atoms. The van der Waals surface area contributed by atoms with Gasteiger partial charge in [0.05, 0.1) is 11.0 Å². The van der Waals surface area contributed by atoms with Crippen molar-refractivity contribution in [2.75, 3.05) is 0 Å². The molecule has 0 saturated heterocycles. The zero-order chi connectivity index (χ0) is 16.8. The van der Waals surface area contributed by atoms with Crippen LogP contribution in [-0.2, 0) is 0 Å². The summed E-state index contributed by atoms with van der Waals surface area (Å²) in [7, 11) is 0. The number of para-hydroxylation sites is 3. The van der Waals surface area contributed by atoms with Gasteiger partial charge >= 0.3 is 0 Å². The highest BCUT2D eigenvalue weighted by atomic mass is 32.1. The lowest BCUT2D eigenvalue weighted by Gasteiger charge is -2.08. The molecule has 120 valence electrons. The highest BCUT2D eigenvalue weighted by molar-refractivity contribution is 7.22. The van der Waals surface area contributed by atoms with E-state index in [-0.39, 0.29) is 0 Å². The molecule has 0 aliphatic rings. The van der Waals surface area contributed by atoms with Crippen molar-refractivity contribution < 1.29 is 5.11 Å². The number of rotatable bonds is 2. The van der Waals surface area contributed by atoms with Crippen LogP contribution in [0, 0.1) is 0 Å². The maximum Gasteiger partial charge on any atom is 0.159 e. The molecule has 5 aromatic rings.